The van der Waals surface area contributed by atoms with Gasteiger partial charge in [0.05, 0.1) is 0 Å². The van der Waals surface area contributed by atoms with Crippen molar-refractivity contribution in [2.45, 2.75) is 52.5 Å². The quantitative estimate of drug-likeness (QED) is 0.847. The second-order valence-electron chi connectivity index (χ2n) is 6.02. The van der Waals surface area contributed by atoms with E-state index in [0.29, 0.717) is 0 Å². The molecule has 0 fully saturated rings. The summed E-state index contributed by atoms with van der Waals surface area (Å²) in [4.78, 5) is 11.7. The summed E-state index contributed by atoms with van der Waals surface area (Å²) >= 11 is 0. The molecule has 100 valence electrons. The molecule has 0 saturated carbocycles. The monoisotopic (exact) mass is 247 g/mol. The third-order valence-electron chi connectivity index (χ3n) is 3.28. The summed E-state index contributed by atoms with van der Waals surface area (Å²) in [5, 5.41) is 3.07. The first-order valence-corrected chi connectivity index (χ1v) is 6.69. The van der Waals surface area contributed by atoms with Crippen molar-refractivity contribution < 1.29 is 4.79 Å². The van der Waals surface area contributed by atoms with Crippen molar-refractivity contribution in [2.24, 2.45) is 5.92 Å². The van der Waals surface area contributed by atoms with Gasteiger partial charge in [0.25, 0.3) is 0 Å². The predicted molar refractivity (Wildman–Crippen MR) is 76.5 cm³/mol. The number of nitrogens with one attached hydrogen (secondary N) is 1. The summed E-state index contributed by atoms with van der Waals surface area (Å²) in [7, 11) is 0. The summed E-state index contributed by atoms with van der Waals surface area (Å²) in [6.07, 6.45) is 0.940. The van der Waals surface area contributed by atoms with Gasteiger partial charge in [0.2, 0.25) is 5.91 Å². The van der Waals surface area contributed by atoms with E-state index in [1.54, 1.807) is 0 Å². The van der Waals surface area contributed by atoms with Gasteiger partial charge in [0.1, 0.15) is 0 Å². The highest BCUT2D eigenvalue weighted by molar-refractivity contribution is 5.78. The lowest BCUT2D eigenvalue weighted by Gasteiger charge is -2.29. The van der Waals surface area contributed by atoms with Crippen LogP contribution in [0.25, 0.3) is 0 Å². The van der Waals surface area contributed by atoms with E-state index in [0.717, 1.165) is 6.42 Å². The predicted octanol–water partition coefficient (Wildman–Crippen LogP) is 3.52. The number of hydrogen-bond donors (Lipinski definition) is 1. The van der Waals surface area contributed by atoms with Crippen LogP contribution in [0, 0.1) is 5.92 Å². The molecule has 1 amide bonds. The number of benzene rings is 1. The zero-order chi connectivity index (χ0) is 13.8. The molecule has 0 heterocycles. The molecule has 0 saturated heterocycles. The summed E-state index contributed by atoms with van der Waals surface area (Å²) in [5.74, 6) is 0.179. The lowest BCUT2D eigenvalue weighted by molar-refractivity contribution is -0.124. The highest BCUT2D eigenvalue weighted by Gasteiger charge is 2.24. The topological polar surface area (TPSA) is 29.1 Å². The normalized spacial score (nSPS) is 13.4. The third-order valence-corrected chi connectivity index (χ3v) is 3.28. The standard InChI is InChI=1S/C16H25NO/c1-12(2)15(18)17-13(3)11-16(4,5)14-9-7-6-8-10-14/h6-10,12-13H,11H2,1-5H3,(H,17,18)/t13-/m1/s1. The van der Waals surface area contributed by atoms with Crippen LogP contribution in [0.4, 0.5) is 0 Å². The number of rotatable bonds is 5. The van der Waals surface area contributed by atoms with Crippen molar-refractivity contribution >= 4 is 5.91 Å². The van der Waals surface area contributed by atoms with Crippen LogP contribution in [0.15, 0.2) is 30.3 Å². The van der Waals surface area contributed by atoms with Crippen molar-refractivity contribution in [1.29, 1.82) is 0 Å². The molecular formula is C16H25NO. The fourth-order valence-electron chi connectivity index (χ4n) is 2.23. The third kappa shape index (κ3) is 4.17. The highest BCUT2D eigenvalue weighted by Crippen LogP contribution is 2.28. The van der Waals surface area contributed by atoms with Crippen LogP contribution in [-0.2, 0) is 10.2 Å². The van der Waals surface area contributed by atoms with Gasteiger partial charge in [-0.3, -0.25) is 4.79 Å². The summed E-state index contributed by atoms with van der Waals surface area (Å²) < 4.78 is 0. The van der Waals surface area contributed by atoms with Crippen LogP contribution in [0.1, 0.15) is 46.6 Å². The molecule has 2 nitrogen and oxygen atoms in total. The number of carbonyl (C=O) groups excluding carboxylic acids is 1. The van der Waals surface area contributed by atoms with Crippen LogP contribution < -0.4 is 5.32 Å². The minimum atomic E-state index is 0.0484. The van der Waals surface area contributed by atoms with Crippen LogP contribution >= 0.6 is 0 Å². The average molecular weight is 247 g/mol. The Morgan fingerprint density at radius 1 is 1.17 bits per heavy atom. The Morgan fingerprint density at radius 3 is 2.22 bits per heavy atom. The molecule has 0 aliphatic rings. The van der Waals surface area contributed by atoms with Gasteiger partial charge < -0.3 is 5.32 Å². The molecule has 2 heteroatoms. The van der Waals surface area contributed by atoms with Gasteiger partial charge >= 0.3 is 0 Å². The molecule has 1 rings (SSSR count). The lowest BCUT2D eigenvalue weighted by Crippen LogP contribution is -2.39. The van der Waals surface area contributed by atoms with E-state index in [1.807, 2.05) is 19.9 Å². The minimum Gasteiger partial charge on any atom is -0.353 e. The number of amides is 1. The highest BCUT2D eigenvalue weighted by atomic mass is 16.1. The van der Waals surface area contributed by atoms with Gasteiger partial charge in [-0.15, -0.1) is 0 Å². The molecule has 1 aromatic carbocycles. The lowest BCUT2D eigenvalue weighted by atomic mass is 9.79. The fourth-order valence-corrected chi connectivity index (χ4v) is 2.23. The van der Waals surface area contributed by atoms with E-state index in [1.165, 1.54) is 5.56 Å². The van der Waals surface area contributed by atoms with E-state index in [9.17, 15) is 4.79 Å². The van der Waals surface area contributed by atoms with E-state index < -0.39 is 0 Å². The van der Waals surface area contributed by atoms with E-state index in [-0.39, 0.29) is 23.3 Å². The molecule has 1 atom stereocenters. The fraction of sp³-hybridized carbons (Fsp3) is 0.562. The summed E-state index contributed by atoms with van der Waals surface area (Å²) in [5.41, 5.74) is 1.39. The van der Waals surface area contributed by atoms with E-state index in [2.05, 4.69) is 50.4 Å². The Balaban J connectivity index is 2.63. The maximum Gasteiger partial charge on any atom is 0.222 e. The molecule has 0 unspecified atom stereocenters. The largest absolute Gasteiger partial charge is 0.353 e. The van der Waals surface area contributed by atoms with Crippen molar-refractivity contribution in [3.05, 3.63) is 35.9 Å². The van der Waals surface area contributed by atoms with Crippen LogP contribution in [-0.4, -0.2) is 11.9 Å². The Kier molecular flexibility index (Phi) is 4.94. The molecule has 0 aliphatic carbocycles. The first-order chi connectivity index (χ1) is 8.33. The van der Waals surface area contributed by atoms with Crippen molar-refractivity contribution in [1.82, 2.24) is 5.32 Å². The second-order valence-corrected chi connectivity index (χ2v) is 6.02. The van der Waals surface area contributed by atoms with Crippen molar-refractivity contribution in [3.63, 3.8) is 0 Å². The molecule has 18 heavy (non-hydrogen) atoms. The molecular weight excluding hydrogens is 222 g/mol. The zero-order valence-electron chi connectivity index (χ0n) is 12.2. The first kappa shape index (κ1) is 14.7. The molecule has 0 aliphatic heterocycles. The SMILES string of the molecule is CC(C)C(=O)N[C@H](C)CC(C)(C)c1ccccc1. The van der Waals surface area contributed by atoms with E-state index in [4.69, 9.17) is 0 Å². The molecule has 0 radical (unpaired) electrons. The smallest absolute Gasteiger partial charge is 0.222 e. The van der Waals surface area contributed by atoms with Crippen molar-refractivity contribution in [3.8, 4) is 0 Å². The molecule has 1 aromatic rings. The van der Waals surface area contributed by atoms with Gasteiger partial charge in [0.15, 0.2) is 0 Å². The van der Waals surface area contributed by atoms with Crippen LogP contribution in [0.5, 0.6) is 0 Å². The Bertz CT molecular complexity index is 381. The average Bonchev–Trinajstić information content (AvgIpc) is 2.29. The maximum atomic E-state index is 11.7. The van der Waals surface area contributed by atoms with Gasteiger partial charge in [-0.25, -0.2) is 0 Å². The van der Waals surface area contributed by atoms with Gasteiger partial charge in [-0.05, 0) is 24.3 Å². The summed E-state index contributed by atoms with van der Waals surface area (Å²) in [6.45, 7) is 10.4. The van der Waals surface area contributed by atoms with Crippen LogP contribution in [0.2, 0.25) is 0 Å². The minimum absolute atomic E-state index is 0.0484. The van der Waals surface area contributed by atoms with Crippen LogP contribution in [0.3, 0.4) is 0 Å². The van der Waals surface area contributed by atoms with E-state index >= 15 is 0 Å². The Morgan fingerprint density at radius 2 is 1.72 bits per heavy atom. The second kappa shape index (κ2) is 6.03. The molecule has 0 aromatic heterocycles. The van der Waals surface area contributed by atoms with Crippen molar-refractivity contribution in [2.75, 3.05) is 0 Å². The molecule has 1 N–H and O–H groups in total. The van der Waals surface area contributed by atoms with Gasteiger partial charge in [-0.2, -0.15) is 0 Å². The number of carbonyl (C=O) groups is 1. The Labute approximate surface area is 111 Å². The van der Waals surface area contributed by atoms with Gasteiger partial charge in [0, 0.05) is 12.0 Å². The zero-order valence-corrected chi connectivity index (χ0v) is 12.2. The molecule has 0 bridgehead atoms. The maximum absolute atomic E-state index is 11.7. The number of hydrogen-bond acceptors (Lipinski definition) is 1. The molecule has 0 spiro atoms. The summed E-state index contributed by atoms with van der Waals surface area (Å²) in [6, 6.07) is 10.6. The van der Waals surface area contributed by atoms with Gasteiger partial charge in [-0.1, -0.05) is 58.0 Å². The Hall–Kier alpha value is -1.31. The first-order valence-electron chi connectivity index (χ1n) is 6.69.